The molecule has 0 saturated carbocycles. The lowest BCUT2D eigenvalue weighted by Gasteiger charge is -2.11. The summed E-state index contributed by atoms with van der Waals surface area (Å²) in [6, 6.07) is 1.22. The Hall–Kier alpha value is -1.08. The highest BCUT2D eigenvalue weighted by Crippen LogP contribution is 2.41. The molecule has 1 aliphatic heterocycles. The summed E-state index contributed by atoms with van der Waals surface area (Å²) in [7, 11) is 0. The number of alkyl halides is 1. The number of hydrogen-bond acceptors (Lipinski definition) is 4. The van der Waals surface area contributed by atoms with Crippen LogP contribution in [0.2, 0.25) is 0 Å². The topological polar surface area (TPSA) is 75.1 Å². The average Bonchev–Trinajstić information content (AvgIpc) is 2.59. The van der Waals surface area contributed by atoms with E-state index in [9.17, 15) is 14.0 Å². The van der Waals surface area contributed by atoms with Gasteiger partial charge in [0, 0.05) is 18.7 Å². The average molecular weight is 246 g/mol. The number of nitrogens with zero attached hydrogens (tertiary/aromatic N) is 1. The summed E-state index contributed by atoms with van der Waals surface area (Å²) in [5.41, 5.74) is -1.02. The van der Waals surface area contributed by atoms with Crippen molar-refractivity contribution in [2.24, 2.45) is 0 Å². The van der Waals surface area contributed by atoms with Crippen LogP contribution < -0.4 is 11.2 Å². The van der Waals surface area contributed by atoms with Crippen LogP contribution in [-0.4, -0.2) is 32.7 Å². The van der Waals surface area contributed by atoms with Crippen LogP contribution in [0, 0.1) is 0 Å². The zero-order valence-corrected chi connectivity index (χ0v) is 9.11. The van der Waals surface area contributed by atoms with E-state index in [4.69, 9.17) is 5.11 Å². The summed E-state index contributed by atoms with van der Waals surface area (Å²) >= 11 is 1.21. The number of aliphatic hydroxyl groups is 1. The maximum absolute atomic E-state index is 13.4. The lowest BCUT2D eigenvalue weighted by molar-refractivity contribution is 0.227. The normalized spacial score (nSPS) is 29.5. The number of aromatic amines is 1. The predicted molar refractivity (Wildman–Crippen MR) is 58.3 cm³/mol. The highest BCUT2D eigenvalue weighted by molar-refractivity contribution is 8.00. The van der Waals surface area contributed by atoms with Crippen LogP contribution in [0.15, 0.2) is 21.9 Å². The van der Waals surface area contributed by atoms with Crippen molar-refractivity contribution in [1.29, 1.82) is 0 Å². The maximum atomic E-state index is 13.4. The van der Waals surface area contributed by atoms with Gasteiger partial charge in [0.2, 0.25) is 0 Å². The van der Waals surface area contributed by atoms with Crippen LogP contribution in [0.5, 0.6) is 0 Å². The fourth-order valence-corrected chi connectivity index (χ4v) is 3.04. The van der Waals surface area contributed by atoms with E-state index in [0.717, 1.165) is 0 Å². The SMILES string of the molecule is O=c1ccn([C@H]2C[C@H](F)[C@@H](CO)S2)c(=O)[nH]1. The Morgan fingerprint density at radius 3 is 2.94 bits per heavy atom. The maximum Gasteiger partial charge on any atom is 0.329 e. The molecule has 2 N–H and O–H groups in total. The van der Waals surface area contributed by atoms with Crippen molar-refractivity contribution in [2.45, 2.75) is 23.2 Å². The third-order valence-corrected chi connectivity index (χ3v) is 4.03. The van der Waals surface area contributed by atoms with Gasteiger partial charge in [0.25, 0.3) is 5.56 Å². The van der Waals surface area contributed by atoms with Crippen molar-refractivity contribution >= 4 is 11.8 Å². The lowest BCUT2D eigenvalue weighted by atomic mass is 10.2. The van der Waals surface area contributed by atoms with Gasteiger partial charge in [-0.05, 0) is 0 Å². The Morgan fingerprint density at radius 2 is 2.38 bits per heavy atom. The van der Waals surface area contributed by atoms with Gasteiger partial charge < -0.3 is 5.11 Å². The largest absolute Gasteiger partial charge is 0.395 e. The van der Waals surface area contributed by atoms with Crippen molar-refractivity contribution in [3.8, 4) is 0 Å². The summed E-state index contributed by atoms with van der Waals surface area (Å²) < 4.78 is 14.7. The number of thioether (sulfide) groups is 1. The summed E-state index contributed by atoms with van der Waals surface area (Å²) in [6.45, 7) is -0.250. The molecule has 1 aliphatic rings. The van der Waals surface area contributed by atoms with E-state index < -0.39 is 22.7 Å². The van der Waals surface area contributed by atoms with Gasteiger partial charge in [0.05, 0.1) is 17.2 Å². The first kappa shape index (κ1) is 11.4. The van der Waals surface area contributed by atoms with Crippen molar-refractivity contribution in [3.63, 3.8) is 0 Å². The molecule has 0 spiro atoms. The van der Waals surface area contributed by atoms with Gasteiger partial charge in [-0.25, -0.2) is 9.18 Å². The number of H-pyrrole nitrogens is 1. The van der Waals surface area contributed by atoms with Crippen molar-refractivity contribution < 1.29 is 9.50 Å². The van der Waals surface area contributed by atoms with Crippen molar-refractivity contribution in [3.05, 3.63) is 33.1 Å². The standard InChI is InChI=1S/C9H11FN2O3S/c10-5-3-8(16-6(5)4-13)12-2-1-7(14)11-9(12)15/h1-2,5-6,8,13H,3-4H2,(H,11,14,15)/t5-,6+,8+/m0/s1. The summed E-state index contributed by atoms with van der Waals surface area (Å²) in [6.07, 6.45) is 0.395. The minimum Gasteiger partial charge on any atom is -0.395 e. The van der Waals surface area contributed by atoms with Crippen LogP contribution in [0.3, 0.4) is 0 Å². The molecular weight excluding hydrogens is 235 g/mol. The van der Waals surface area contributed by atoms with Gasteiger partial charge in [-0.15, -0.1) is 11.8 Å². The zero-order valence-electron chi connectivity index (χ0n) is 8.30. The summed E-state index contributed by atoms with van der Waals surface area (Å²) in [5.74, 6) is 0. The Bertz CT molecular complexity index is 486. The predicted octanol–water partition coefficient (Wildman–Crippen LogP) is -0.129. The molecule has 0 radical (unpaired) electrons. The molecule has 2 rings (SSSR count). The van der Waals surface area contributed by atoms with E-state index in [-0.39, 0.29) is 18.4 Å². The van der Waals surface area contributed by atoms with Crippen LogP contribution in [0.1, 0.15) is 11.8 Å². The first-order valence-electron chi connectivity index (χ1n) is 4.83. The monoisotopic (exact) mass is 246 g/mol. The molecule has 0 unspecified atom stereocenters. The number of hydrogen-bond donors (Lipinski definition) is 2. The quantitative estimate of drug-likeness (QED) is 0.762. The second kappa shape index (κ2) is 4.42. The molecule has 0 aliphatic carbocycles. The van der Waals surface area contributed by atoms with E-state index in [2.05, 4.69) is 4.98 Å². The molecule has 1 fully saturated rings. The summed E-state index contributed by atoms with van der Waals surface area (Å²) in [4.78, 5) is 24.4. The van der Waals surface area contributed by atoms with Crippen LogP contribution in [0.25, 0.3) is 0 Å². The molecule has 5 nitrogen and oxygen atoms in total. The minimum atomic E-state index is -1.13. The first-order chi connectivity index (χ1) is 7.61. The van der Waals surface area contributed by atoms with Gasteiger partial charge in [-0.3, -0.25) is 14.3 Å². The Morgan fingerprint density at radius 1 is 1.62 bits per heavy atom. The second-order valence-electron chi connectivity index (χ2n) is 3.58. The van der Waals surface area contributed by atoms with E-state index in [1.165, 1.54) is 28.6 Å². The molecular formula is C9H11FN2O3S. The van der Waals surface area contributed by atoms with E-state index in [0.29, 0.717) is 0 Å². The molecule has 2 heterocycles. The van der Waals surface area contributed by atoms with Crippen LogP contribution >= 0.6 is 11.8 Å². The fourth-order valence-electron chi connectivity index (χ4n) is 1.68. The smallest absolute Gasteiger partial charge is 0.329 e. The van der Waals surface area contributed by atoms with Crippen LogP contribution in [0.4, 0.5) is 4.39 Å². The fraction of sp³-hybridized carbons (Fsp3) is 0.556. The lowest BCUT2D eigenvalue weighted by Crippen LogP contribution is -2.30. The Balaban J connectivity index is 2.27. The number of aliphatic hydroxyl groups excluding tert-OH is 1. The van der Waals surface area contributed by atoms with Gasteiger partial charge in [-0.2, -0.15) is 0 Å². The third-order valence-electron chi connectivity index (χ3n) is 2.50. The van der Waals surface area contributed by atoms with Crippen molar-refractivity contribution in [2.75, 3.05) is 6.61 Å². The molecule has 1 saturated heterocycles. The highest BCUT2D eigenvalue weighted by atomic mass is 32.2. The zero-order chi connectivity index (χ0) is 11.7. The Labute approximate surface area is 94.3 Å². The number of rotatable bonds is 2. The van der Waals surface area contributed by atoms with Gasteiger partial charge in [-0.1, -0.05) is 0 Å². The van der Waals surface area contributed by atoms with Gasteiger partial charge in [0.15, 0.2) is 0 Å². The number of aromatic nitrogens is 2. The molecule has 0 amide bonds. The van der Waals surface area contributed by atoms with E-state index in [1.807, 2.05) is 0 Å². The van der Waals surface area contributed by atoms with Crippen LogP contribution in [-0.2, 0) is 0 Å². The van der Waals surface area contributed by atoms with Gasteiger partial charge in [0.1, 0.15) is 6.17 Å². The molecule has 3 atom stereocenters. The molecule has 88 valence electrons. The van der Waals surface area contributed by atoms with Crippen molar-refractivity contribution in [1.82, 2.24) is 9.55 Å². The minimum absolute atomic E-state index is 0.168. The first-order valence-corrected chi connectivity index (χ1v) is 5.78. The number of nitrogens with one attached hydrogen (secondary N) is 1. The van der Waals surface area contributed by atoms with E-state index in [1.54, 1.807) is 0 Å². The molecule has 1 aromatic rings. The van der Waals surface area contributed by atoms with E-state index >= 15 is 0 Å². The molecule has 0 bridgehead atoms. The third kappa shape index (κ3) is 2.05. The molecule has 1 aromatic heterocycles. The highest BCUT2D eigenvalue weighted by Gasteiger charge is 2.35. The number of halogens is 1. The molecule has 16 heavy (non-hydrogen) atoms. The molecule has 0 aromatic carbocycles. The second-order valence-corrected chi connectivity index (χ2v) is 5.00. The summed E-state index contributed by atoms with van der Waals surface area (Å²) in [5, 5.41) is 8.05. The van der Waals surface area contributed by atoms with Gasteiger partial charge >= 0.3 is 5.69 Å². The molecule has 7 heteroatoms. The Kier molecular flexibility index (Phi) is 3.15.